The third kappa shape index (κ3) is 5.85. The Labute approximate surface area is 106 Å². The molecule has 1 aliphatic heterocycles. The Morgan fingerprint density at radius 2 is 1.47 bits per heavy atom. The molecule has 0 atom stereocenters. The largest absolute Gasteiger partial charge is 0.304 e. The number of rotatable bonds is 1. The first-order chi connectivity index (χ1) is 8.09. The minimum atomic E-state index is 0.730. The lowest BCUT2D eigenvalue weighted by molar-refractivity contribution is 0.126. The Morgan fingerprint density at radius 3 is 1.82 bits per heavy atom. The van der Waals surface area contributed by atoms with E-state index < -0.39 is 0 Å². The van der Waals surface area contributed by atoms with Crippen molar-refractivity contribution < 1.29 is 0 Å². The van der Waals surface area contributed by atoms with Gasteiger partial charge < -0.3 is 4.90 Å². The third-order valence-corrected chi connectivity index (χ3v) is 3.21. The Bertz CT molecular complexity index is 287. The zero-order valence-electron chi connectivity index (χ0n) is 11.7. The fourth-order valence-electron chi connectivity index (χ4n) is 1.87. The van der Waals surface area contributed by atoms with Crippen LogP contribution < -0.4 is 0 Å². The molecule has 0 unspecified atom stereocenters. The van der Waals surface area contributed by atoms with E-state index >= 15 is 0 Å². The first kappa shape index (κ1) is 14.2. The van der Waals surface area contributed by atoms with Crippen molar-refractivity contribution in [2.24, 2.45) is 0 Å². The topological polar surface area (TPSA) is 6.48 Å². The van der Waals surface area contributed by atoms with Crippen LogP contribution in [0, 0.1) is 6.92 Å². The van der Waals surface area contributed by atoms with Crippen molar-refractivity contribution in [1.82, 2.24) is 9.80 Å². The van der Waals surface area contributed by atoms with Crippen LogP contribution in [0.15, 0.2) is 30.3 Å². The number of hydrogen-bond donors (Lipinski definition) is 0. The van der Waals surface area contributed by atoms with E-state index in [1.54, 1.807) is 0 Å². The van der Waals surface area contributed by atoms with E-state index in [0.29, 0.717) is 0 Å². The first-order valence-electron chi connectivity index (χ1n) is 6.54. The molecule has 96 valence electrons. The molecule has 2 rings (SSSR count). The molecule has 0 aliphatic carbocycles. The lowest BCUT2D eigenvalue weighted by Crippen LogP contribution is -2.47. The fraction of sp³-hybridized carbons (Fsp3) is 0.600. The molecule has 0 bridgehead atoms. The maximum Gasteiger partial charge on any atom is 0.0112 e. The minimum absolute atomic E-state index is 0.730. The summed E-state index contributed by atoms with van der Waals surface area (Å²) in [6, 6.07) is 11.0. The number of nitrogens with zero attached hydrogens (tertiary/aromatic N) is 2. The number of hydrogen-bond acceptors (Lipinski definition) is 2. The van der Waals surface area contributed by atoms with E-state index in [1.165, 1.54) is 31.7 Å². The van der Waals surface area contributed by atoms with Crippen molar-refractivity contribution in [3.8, 4) is 0 Å². The van der Waals surface area contributed by atoms with Crippen molar-refractivity contribution in [3.05, 3.63) is 35.9 Å². The molecule has 2 nitrogen and oxygen atoms in total. The highest BCUT2D eigenvalue weighted by Gasteiger charge is 2.15. The molecule has 0 spiro atoms. The van der Waals surface area contributed by atoms with E-state index in [1.807, 2.05) is 18.2 Å². The third-order valence-electron chi connectivity index (χ3n) is 3.21. The van der Waals surface area contributed by atoms with Crippen molar-refractivity contribution in [1.29, 1.82) is 0 Å². The highest BCUT2D eigenvalue weighted by atomic mass is 15.3. The van der Waals surface area contributed by atoms with Gasteiger partial charge in [-0.15, -0.1) is 0 Å². The molecule has 1 heterocycles. The first-order valence-corrected chi connectivity index (χ1v) is 6.54. The standard InChI is InChI=1S/C8H18N2.C7H8/c1-8(2)10-6-4-9(3)5-7-10;1-7-5-3-2-4-6-7/h8H,4-7H2,1-3H3;2-6H,1H3. The summed E-state index contributed by atoms with van der Waals surface area (Å²) in [5, 5.41) is 0. The Balaban J connectivity index is 0.000000181. The van der Waals surface area contributed by atoms with Crippen molar-refractivity contribution in [3.63, 3.8) is 0 Å². The Morgan fingerprint density at radius 1 is 0.941 bits per heavy atom. The van der Waals surface area contributed by atoms with Crippen molar-refractivity contribution in [2.45, 2.75) is 26.8 Å². The smallest absolute Gasteiger partial charge is 0.0112 e. The number of likely N-dealkylation sites (N-methyl/N-ethyl adjacent to an activating group) is 1. The number of piperazine rings is 1. The molecule has 0 radical (unpaired) electrons. The van der Waals surface area contributed by atoms with Gasteiger partial charge >= 0.3 is 0 Å². The number of aryl methyl sites for hydroxylation is 1. The van der Waals surface area contributed by atoms with Crippen LogP contribution in [0.5, 0.6) is 0 Å². The van der Waals surface area contributed by atoms with Gasteiger partial charge in [0, 0.05) is 32.2 Å². The summed E-state index contributed by atoms with van der Waals surface area (Å²) >= 11 is 0. The number of benzene rings is 1. The van der Waals surface area contributed by atoms with Gasteiger partial charge in [0.15, 0.2) is 0 Å². The molecule has 17 heavy (non-hydrogen) atoms. The van der Waals surface area contributed by atoms with E-state index in [9.17, 15) is 0 Å². The molecule has 0 amide bonds. The summed E-state index contributed by atoms with van der Waals surface area (Å²) in [5.41, 5.74) is 1.32. The maximum atomic E-state index is 2.53. The van der Waals surface area contributed by atoms with Crippen LogP contribution >= 0.6 is 0 Å². The minimum Gasteiger partial charge on any atom is -0.304 e. The van der Waals surface area contributed by atoms with Gasteiger partial charge in [0.05, 0.1) is 0 Å². The highest BCUT2D eigenvalue weighted by Crippen LogP contribution is 2.02. The van der Waals surface area contributed by atoms with Gasteiger partial charge in [-0.2, -0.15) is 0 Å². The summed E-state index contributed by atoms with van der Waals surface area (Å²) in [4.78, 5) is 4.92. The molecule has 1 fully saturated rings. The van der Waals surface area contributed by atoms with Gasteiger partial charge in [-0.05, 0) is 27.8 Å². The second kappa shape index (κ2) is 7.46. The summed E-state index contributed by atoms with van der Waals surface area (Å²) in [6.45, 7) is 11.6. The molecule has 0 saturated carbocycles. The monoisotopic (exact) mass is 234 g/mol. The molecule has 1 saturated heterocycles. The van der Waals surface area contributed by atoms with Gasteiger partial charge in [0.2, 0.25) is 0 Å². The van der Waals surface area contributed by atoms with E-state index in [0.717, 1.165) is 6.04 Å². The fourth-order valence-corrected chi connectivity index (χ4v) is 1.87. The second-order valence-electron chi connectivity index (χ2n) is 5.09. The summed E-state index contributed by atoms with van der Waals surface area (Å²) in [7, 11) is 2.19. The van der Waals surface area contributed by atoms with E-state index in [-0.39, 0.29) is 0 Å². The molecule has 0 N–H and O–H groups in total. The normalized spacial score (nSPS) is 17.7. The van der Waals surface area contributed by atoms with Crippen molar-refractivity contribution >= 4 is 0 Å². The molecular weight excluding hydrogens is 208 g/mol. The summed E-state index contributed by atoms with van der Waals surface area (Å²) in [5.74, 6) is 0. The van der Waals surface area contributed by atoms with Crippen LogP contribution in [-0.2, 0) is 0 Å². The van der Waals surface area contributed by atoms with Gasteiger partial charge in [0.25, 0.3) is 0 Å². The average Bonchev–Trinajstić information content (AvgIpc) is 2.31. The molecular formula is C15H26N2. The van der Waals surface area contributed by atoms with Crippen LogP contribution in [-0.4, -0.2) is 49.1 Å². The zero-order valence-corrected chi connectivity index (χ0v) is 11.7. The van der Waals surface area contributed by atoms with E-state index in [2.05, 4.69) is 49.8 Å². The van der Waals surface area contributed by atoms with Gasteiger partial charge in [-0.3, -0.25) is 4.90 Å². The van der Waals surface area contributed by atoms with Gasteiger partial charge in [0.1, 0.15) is 0 Å². The van der Waals surface area contributed by atoms with Crippen LogP contribution in [0.3, 0.4) is 0 Å². The van der Waals surface area contributed by atoms with Crippen LogP contribution in [0.25, 0.3) is 0 Å². The quantitative estimate of drug-likeness (QED) is 0.737. The van der Waals surface area contributed by atoms with Crippen molar-refractivity contribution in [2.75, 3.05) is 33.2 Å². The SMILES string of the molecule is CC(C)N1CCN(C)CC1.Cc1ccccc1. The predicted octanol–water partition coefficient (Wildman–Crippen LogP) is 2.64. The second-order valence-corrected chi connectivity index (χ2v) is 5.09. The predicted molar refractivity (Wildman–Crippen MR) is 75.4 cm³/mol. The molecule has 1 aliphatic rings. The maximum absolute atomic E-state index is 2.53. The molecule has 2 heteroatoms. The highest BCUT2D eigenvalue weighted by molar-refractivity contribution is 5.11. The van der Waals surface area contributed by atoms with Crippen LogP contribution in [0.4, 0.5) is 0 Å². The Kier molecular flexibility index (Phi) is 6.23. The lowest BCUT2D eigenvalue weighted by Gasteiger charge is -2.34. The van der Waals surface area contributed by atoms with Crippen LogP contribution in [0.1, 0.15) is 19.4 Å². The molecule has 1 aromatic rings. The summed E-state index contributed by atoms with van der Waals surface area (Å²) in [6.07, 6.45) is 0. The van der Waals surface area contributed by atoms with E-state index in [4.69, 9.17) is 0 Å². The average molecular weight is 234 g/mol. The molecule has 1 aromatic carbocycles. The lowest BCUT2D eigenvalue weighted by atomic mass is 10.2. The van der Waals surface area contributed by atoms with Gasteiger partial charge in [-0.1, -0.05) is 35.9 Å². The Hall–Kier alpha value is -0.860. The summed E-state index contributed by atoms with van der Waals surface area (Å²) < 4.78 is 0. The van der Waals surface area contributed by atoms with Crippen LogP contribution in [0.2, 0.25) is 0 Å². The van der Waals surface area contributed by atoms with Gasteiger partial charge in [-0.25, -0.2) is 0 Å². The molecule has 0 aromatic heterocycles. The zero-order chi connectivity index (χ0) is 12.7.